The first kappa shape index (κ1) is 11.6. The van der Waals surface area contributed by atoms with Gasteiger partial charge in [0.15, 0.2) is 6.10 Å². The summed E-state index contributed by atoms with van der Waals surface area (Å²) >= 11 is 0. The van der Waals surface area contributed by atoms with Crippen LogP contribution >= 0.6 is 0 Å². The van der Waals surface area contributed by atoms with Crippen molar-refractivity contribution in [1.82, 2.24) is 0 Å². The number of hydrogen-bond acceptors (Lipinski definition) is 2. The van der Waals surface area contributed by atoms with Crippen LogP contribution in [-0.4, -0.2) is 12.0 Å². The fourth-order valence-electron chi connectivity index (χ4n) is 1.19. The van der Waals surface area contributed by atoms with Crippen molar-refractivity contribution in [1.29, 1.82) is 0 Å². The minimum absolute atomic E-state index is 0.456. The van der Waals surface area contributed by atoms with Crippen LogP contribution in [0.5, 0.6) is 5.75 Å². The molecule has 1 aromatic rings. The van der Waals surface area contributed by atoms with Gasteiger partial charge in [-0.15, -0.1) is 0 Å². The van der Waals surface area contributed by atoms with Crippen LogP contribution in [0.4, 0.5) is 0 Å². The second-order valence-electron chi connectivity index (χ2n) is 3.89. The van der Waals surface area contributed by atoms with Crippen LogP contribution in [0.3, 0.4) is 0 Å². The molecule has 0 aromatic heterocycles. The van der Waals surface area contributed by atoms with Crippen molar-refractivity contribution >= 4 is 5.91 Å². The SMILES string of the molecule is CC(C)c1ccc(O[C@@H](C)C(N)=O)cc1. The highest BCUT2D eigenvalue weighted by Gasteiger charge is 2.09. The van der Waals surface area contributed by atoms with Crippen LogP contribution in [0.25, 0.3) is 0 Å². The highest BCUT2D eigenvalue weighted by atomic mass is 16.5. The van der Waals surface area contributed by atoms with Gasteiger partial charge >= 0.3 is 0 Å². The summed E-state index contributed by atoms with van der Waals surface area (Å²) in [6, 6.07) is 7.70. The number of amides is 1. The van der Waals surface area contributed by atoms with E-state index in [1.165, 1.54) is 5.56 Å². The Hall–Kier alpha value is -1.51. The lowest BCUT2D eigenvalue weighted by molar-refractivity contribution is -0.123. The van der Waals surface area contributed by atoms with Gasteiger partial charge in [0.25, 0.3) is 5.91 Å². The lowest BCUT2D eigenvalue weighted by Crippen LogP contribution is -2.30. The fourth-order valence-corrected chi connectivity index (χ4v) is 1.19. The van der Waals surface area contributed by atoms with Crippen molar-refractivity contribution in [3.63, 3.8) is 0 Å². The Morgan fingerprint density at radius 3 is 2.13 bits per heavy atom. The van der Waals surface area contributed by atoms with Crippen LogP contribution in [0.2, 0.25) is 0 Å². The van der Waals surface area contributed by atoms with Gasteiger partial charge in [-0.25, -0.2) is 0 Å². The van der Waals surface area contributed by atoms with Gasteiger partial charge in [0.1, 0.15) is 5.75 Å². The van der Waals surface area contributed by atoms with Crippen LogP contribution in [0.15, 0.2) is 24.3 Å². The van der Waals surface area contributed by atoms with Gasteiger partial charge in [0, 0.05) is 0 Å². The van der Waals surface area contributed by atoms with Crippen LogP contribution in [-0.2, 0) is 4.79 Å². The number of rotatable bonds is 4. The topological polar surface area (TPSA) is 52.3 Å². The molecule has 0 heterocycles. The predicted octanol–water partition coefficient (Wildman–Crippen LogP) is 2.06. The third-order valence-electron chi connectivity index (χ3n) is 2.26. The highest BCUT2D eigenvalue weighted by Crippen LogP contribution is 2.19. The lowest BCUT2D eigenvalue weighted by atomic mass is 10.0. The molecule has 2 N–H and O–H groups in total. The summed E-state index contributed by atoms with van der Waals surface area (Å²) < 4.78 is 5.34. The summed E-state index contributed by atoms with van der Waals surface area (Å²) in [6.45, 7) is 5.89. The van der Waals surface area contributed by atoms with Crippen molar-refractivity contribution in [2.24, 2.45) is 5.73 Å². The molecule has 0 aliphatic rings. The van der Waals surface area contributed by atoms with Crippen LogP contribution < -0.4 is 10.5 Å². The smallest absolute Gasteiger partial charge is 0.258 e. The summed E-state index contributed by atoms with van der Waals surface area (Å²) in [5, 5.41) is 0. The van der Waals surface area contributed by atoms with Gasteiger partial charge in [-0.05, 0) is 30.5 Å². The van der Waals surface area contributed by atoms with Gasteiger partial charge in [-0.1, -0.05) is 26.0 Å². The Labute approximate surface area is 90.2 Å². The van der Waals surface area contributed by atoms with Gasteiger partial charge in [-0.2, -0.15) is 0 Å². The zero-order chi connectivity index (χ0) is 11.4. The number of benzene rings is 1. The number of primary amides is 1. The Bertz CT molecular complexity index is 330. The van der Waals surface area contributed by atoms with E-state index in [0.717, 1.165) is 0 Å². The minimum Gasteiger partial charge on any atom is -0.481 e. The molecular formula is C12H17NO2. The average molecular weight is 207 g/mol. The predicted molar refractivity (Wildman–Crippen MR) is 59.8 cm³/mol. The van der Waals surface area contributed by atoms with E-state index in [4.69, 9.17) is 10.5 Å². The van der Waals surface area contributed by atoms with Crippen LogP contribution in [0, 0.1) is 0 Å². The van der Waals surface area contributed by atoms with Gasteiger partial charge < -0.3 is 10.5 Å². The molecule has 0 aliphatic heterocycles. The highest BCUT2D eigenvalue weighted by molar-refractivity contribution is 5.78. The van der Waals surface area contributed by atoms with E-state index in [2.05, 4.69) is 13.8 Å². The maximum Gasteiger partial charge on any atom is 0.258 e. The minimum atomic E-state index is -0.588. The van der Waals surface area contributed by atoms with Crippen molar-refractivity contribution in [3.05, 3.63) is 29.8 Å². The molecule has 0 aliphatic carbocycles. The first-order chi connectivity index (χ1) is 7.00. The molecule has 0 bridgehead atoms. The maximum atomic E-state index is 10.8. The second kappa shape index (κ2) is 4.82. The standard InChI is InChI=1S/C12H17NO2/c1-8(2)10-4-6-11(7-5-10)15-9(3)12(13)14/h4-9H,1-3H3,(H2,13,14)/t9-/m0/s1. The molecule has 1 atom stereocenters. The molecule has 0 radical (unpaired) electrons. The molecule has 1 rings (SSSR count). The van der Waals surface area contributed by atoms with Crippen molar-refractivity contribution in [2.45, 2.75) is 32.8 Å². The van der Waals surface area contributed by atoms with E-state index in [0.29, 0.717) is 11.7 Å². The first-order valence-corrected chi connectivity index (χ1v) is 5.06. The largest absolute Gasteiger partial charge is 0.481 e. The average Bonchev–Trinajstić information content (AvgIpc) is 2.18. The number of nitrogens with two attached hydrogens (primary N) is 1. The van der Waals surface area contributed by atoms with E-state index in [9.17, 15) is 4.79 Å². The molecular weight excluding hydrogens is 190 g/mol. The molecule has 0 saturated carbocycles. The third kappa shape index (κ3) is 3.27. The number of carbonyl (C=O) groups is 1. The first-order valence-electron chi connectivity index (χ1n) is 5.06. The molecule has 3 nitrogen and oxygen atoms in total. The van der Waals surface area contributed by atoms with E-state index >= 15 is 0 Å². The Morgan fingerprint density at radius 1 is 1.20 bits per heavy atom. The molecule has 0 spiro atoms. The summed E-state index contributed by atoms with van der Waals surface area (Å²) in [4.78, 5) is 10.8. The van der Waals surface area contributed by atoms with Gasteiger partial charge in [-0.3, -0.25) is 4.79 Å². The molecule has 15 heavy (non-hydrogen) atoms. The molecule has 1 aromatic carbocycles. The Balaban J connectivity index is 2.68. The zero-order valence-corrected chi connectivity index (χ0v) is 9.36. The van der Waals surface area contributed by atoms with Gasteiger partial charge in [0.05, 0.1) is 0 Å². The van der Waals surface area contributed by atoms with Crippen LogP contribution in [0.1, 0.15) is 32.3 Å². The van der Waals surface area contributed by atoms with Crippen molar-refractivity contribution < 1.29 is 9.53 Å². The Kier molecular flexibility index (Phi) is 3.72. The third-order valence-corrected chi connectivity index (χ3v) is 2.26. The summed E-state index contributed by atoms with van der Waals surface area (Å²) in [5.74, 6) is 0.709. The maximum absolute atomic E-state index is 10.8. The van der Waals surface area contributed by atoms with Crippen molar-refractivity contribution in [3.8, 4) is 5.75 Å². The van der Waals surface area contributed by atoms with Crippen molar-refractivity contribution in [2.75, 3.05) is 0 Å². The summed E-state index contributed by atoms with van der Waals surface area (Å²) in [7, 11) is 0. The number of carbonyl (C=O) groups excluding carboxylic acids is 1. The molecule has 0 saturated heterocycles. The normalized spacial score (nSPS) is 12.5. The number of hydrogen-bond donors (Lipinski definition) is 1. The molecule has 3 heteroatoms. The van der Waals surface area contributed by atoms with E-state index < -0.39 is 12.0 Å². The quantitative estimate of drug-likeness (QED) is 0.821. The molecule has 0 fully saturated rings. The lowest BCUT2D eigenvalue weighted by Gasteiger charge is -2.12. The second-order valence-corrected chi connectivity index (χ2v) is 3.89. The fraction of sp³-hybridized carbons (Fsp3) is 0.417. The van der Waals surface area contributed by atoms with E-state index in [1.54, 1.807) is 6.92 Å². The molecule has 82 valence electrons. The molecule has 1 amide bonds. The summed E-state index contributed by atoms with van der Waals surface area (Å²) in [5.41, 5.74) is 6.34. The number of ether oxygens (including phenoxy) is 1. The van der Waals surface area contributed by atoms with E-state index in [-0.39, 0.29) is 0 Å². The monoisotopic (exact) mass is 207 g/mol. The Morgan fingerprint density at radius 2 is 1.73 bits per heavy atom. The van der Waals surface area contributed by atoms with E-state index in [1.807, 2.05) is 24.3 Å². The zero-order valence-electron chi connectivity index (χ0n) is 9.36. The summed E-state index contributed by atoms with van der Waals surface area (Å²) in [6.07, 6.45) is -0.588. The van der Waals surface area contributed by atoms with Gasteiger partial charge in [0.2, 0.25) is 0 Å². The molecule has 0 unspecified atom stereocenters.